The molecule has 5 heteroatoms. The molecule has 17 heavy (non-hydrogen) atoms. The third kappa shape index (κ3) is 2.35. The van der Waals surface area contributed by atoms with Crippen molar-refractivity contribution in [2.45, 2.75) is 25.3 Å². The number of aryl methyl sites for hydroxylation is 1. The maximum Gasteiger partial charge on any atom is 0.133 e. The van der Waals surface area contributed by atoms with Gasteiger partial charge in [-0.1, -0.05) is 0 Å². The molecule has 0 spiro atoms. The molecule has 0 saturated carbocycles. The molecule has 3 atom stereocenters. The fourth-order valence-corrected chi connectivity index (χ4v) is 3.12. The predicted octanol–water partition coefficient (Wildman–Crippen LogP) is 0.0414. The summed E-state index contributed by atoms with van der Waals surface area (Å²) in [6.45, 7) is 4.92. The van der Waals surface area contributed by atoms with Crippen LogP contribution in [0.5, 0.6) is 0 Å². The Balaban J connectivity index is 1.47. The van der Waals surface area contributed by atoms with E-state index in [-0.39, 0.29) is 0 Å². The summed E-state index contributed by atoms with van der Waals surface area (Å²) in [5.74, 6) is 1.95. The quantitative estimate of drug-likeness (QED) is 0.800. The smallest absolute Gasteiger partial charge is 0.133 e. The van der Waals surface area contributed by atoms with Crippen molar-refractivity contribution < 1.29 is 0 Å². The summed E-state index contributed by atoms with van der Waals surface area (Å²) < 4.78 is 2.00. The van der Waals surface area contributed by atoms with Crippen LogP contribution in [0.25, 0.3) is 0 Å². The second-order valence-corrected chi connectivity index (χ2v) is 5.31. The van der Waals surface area contributed by atoms with Crippen molar-refractivity contribution in [2.75, 3.05) is 26.2 Å². The second kappa shape index (κ2) is 4.74. The molecule has 5 nitrogen and oxygen atoms in total. The van der Waals surface area contributed by atoms with Crippen LogP contribution in [-0.4, -0.2) is 51.9 Å². The number of nitrogens with zero attached hydrogens (tertiary/aromatic N) is 4. The standard InChI is InChI=1S/C12H21N5/c1-16-9-14-15-12(16)2-5-13-11-4-7-17-6-3-10(11)8-17/h9-11,13H,2-8H2,1H3. The van der Waals surface area contributed by atoms with E-state index < -0.39 is 0 Å². The van der Waals surface area contributed by atoms with E-state index in [0.29, 0.717) is 0 Å². The Bertz CT molecular complexity index is 375. The van der Waals surface area contributed by atoms with Crippen LogP contribution in [-0.2, 0) is 13.5 Å². The Labute approximate surface area is 102 Å². The van der Waals surface area contributed by atoms with Crippen LogP contribution in [0, 0.1) is 5.92 Å². The molecule has 2 bridgehead atoms. The lowest BCUT2D eigenvalue weighted by molar-refractivity contribution is 0.222. The Morgan fingerprint density at radius 3 is 3.12 bits per heavy atom. The normalized spacial score (nSPS) is 31.9. The number of hydrogen-bond acceptors (Lipinski definition) is 4. The predicted molar refractivity (Wildman–Crippen MR) is 65.7 cm³/mol. The van der Waals surface area contributed by atoms with Gasteiger partial charge in [-0.2, -0.15) is 0 Å². The zero-order chi connectivity index (χ0) is 11.7. The summed E-state index contributed by atoms with van der Waals surface area (Å²) in [6.07, 6.45) is 5.43. The minimum absolute atomic E-state index is 0.724. The number of hydrogen-bond donors (Lipinski definition) is 1. The lowest BCUT2D eigenvalue weighted by Crippen LogP contribution is -2.44. The Kier molecular flexibility index (Phi) is 3.11. The molecule has 1 aromatic rings. The van der Waals surface area contributed by atoms with Crippen molar-refractivity contribution in [3.63, 3.8) is 0 Å². The van der Waals surface area contributed by atoms with E-state index >= 15 is 0 Å². The molecular formula is C12H21N5. The Morgan fingerprint density at radius 1 is 1.41 bits per heavy atom. The number of piperidine rings is 1. The van der Waals surface area contributed by atoms with Crippen molar-refractivity contribution in [1.82, 2.24) is 25.0 Å². The van der Waals surface area contributed by atoms with Gasteiger partial charge in [-0.15, -0.1) is 10.2 Å². The maximum atomic E-state index is 4.11. The summed E-state index contributed by atoms with van der Waals surface area (Å²) in [4.78, 5) is 2.59. The van der Waals surface area contributed by atoms with Crippen molar-refractivity contribution in [3.8, 4) is 0 Å². The number of aromatic nitrogens is 3. The van der Waals surface area contributed by atoms with Crippen LogP contribution in [0.15, 0.2) is 6.33 Å². The maximum absolute atomic E-state index is 4.11. The highest BCUT2D eigenvalue weighted by atomic mass is 15.2. The molecule has 3 heterocycles. The topological polar surface area (TPSA) is 46.0 Å². The molecule has 1 N–H and O–H groups in total. The fourth-order valence-electron chi connectivity index (χ4n) is 3.12. The van der Waals surface area contributed by atoms with Gasteiger partial charge >= 0.3 is 0 Å². The minimum Gasteiger partial charge on any atom is -0.321 e. The summed E-state index contributed by atoms with van der Waals surface area (Å²) in [5, 5.41) is 11.7. The minimum atomic E-state index is 0.724. The average molecular weight is 235 g/mol. The first-order valence-corrected chi connectivity index (χ1v) is 6.61. The third-order valence-corrected chi connectivity index (χ3v) is 4.19. The molecule has 94 valence electrons. The van der Waals surface area contributed by atoms with Crippen LogP contribution in [0.4, 0.5) is 0 Å². The van der Waals surface area contributed by atoms with Gasteiger partial charge in [0.05, 0.1) is 0 Å². The molecule has 0 aliphatic carbocycles. The molecule has 3 unspecified atom stereocenters. The van der Waals surface area contributed by atoms with Crippen LogP contribution in [0.1, 0.15) is 18.7 Å². The molecule has 0 radical (unpaired) electrons. The monoisotopic (exact) mass is 235 g/mol. The fraction of sp³-hybridized carbons (Fsp3) is 0.833. The van der Waals surface area contributed by atoms with E-state index in [0.717, 1.165) is 30.7 Å². The molecule has 2 fully saturated rings. The van der Waals surface area contributed by atoms with Gasteiger partial charge in [0.1, 0.15) is 12.2 Å². The van der Waals surface area contributed by atoms with Crippen molar-refractivity contribution >= 4 is 0 Å². The van der Waals surface area contributed by atoms with Crippen molar-refractivity contribution in [2.24, 2.45) is 13.0 Å². The van der Waals surface area contributed by atoms with Gasteiger partial charge < -0.3 is 14.8 Å². The lowest BCUT2D eigenvalue weighted by atomic mass is 9.94. The van der Waals surface area contributed by atoms with Crippen LogP contribution >= 0.6 is 0 Å². The molecule has 2 aliphatic rings. The third-order valence-electron chi connectivity index (χ3n) is 4.19. The summed E-state index contributed by atoms with van der Waals surface area (Å²) in [5.41, 5.74) is 0. The second-order valence-electron chi connectivity index (χ2n) is 5.31. The zero-order valence-corrected chi connectivity index (χ0v) is 10.5. The first-order valence-electron chi connectivity index (χ1n) is 6.61. The highest BCUT2D eigenvalue weighted by molar-refractivity contribution is 4.92. The van der Waals surface area contributed by atoms with Gasteiger partial charge in [0.15, 0.2) is 0 Å². The van der Waals surface area contributed by atoms with Crippen LogP contribution < -0.4 is 5.32 Å². The van der Waals surface area contributed by atoms with E-state index in [1.807, 2.05) is 11.6 Å². The first kappa shape index (κ1) is 11.2. The van der Waals surface area contributed by atoms with Gasteiger partial charge in [0, 0.05) is 32.6 Å². The van der Waals surface area contributed by atoms with E-state index in [2.05, 4.69) is 20.4 Å². The van der Waals surface area contributed by atoms with Gasteiger partial charge in [-0.3, -0.25) is 0 Å². The van der Waals surface area contributed by atoms with Gasteiger partial charge in [-0.25, -0.2) is 0 Å². The summed E-state index contributed by atoms with van der Waals surface area (Å²) in [7, 11) is 2.00. The molecule has 0 aromatic carbocycles. The summed E-state index contributed by atoms with van der Waals surface area (Å²) >= 11 is 0. The van der Waals surface area contributed by atoms with E-state index in [9.17, 15) is 0 Å². The van der Waals surface area contributed by atoms with Crippen LogP contribution in [0.3, 0.4) is 0 Å². The molecule has 1 aromatic heterocycles. The molecule has 0 amide bonds. The van der Waals surface area contributed by atoms with E-state index in [1.165, 1.54) is 32.5 Å². The SMILES string of the molecule is Cn1cnnc1CCNC1CCN2CCC1C2. The van der Waals surface area contributed by atoms with Crippen molar-refractivity contribution in [1.29, 1.82) is 0 Å². The lowest BCUT2D eigenvalue weighted by Gasteiger charge is -2.31. The molecule has 2 saturated heterocycles. The number of nitrogens with one attached hydrogen (secondary N) is 1. The number of fused-ring (bicyclic) bond motifs is 2. The highest BCUT2D eigenvalue weighted by Crippen LogP contribution is 2.26. The Morgan fingerprint density at radius 2 is 2.29 bits per heavy atom. The number of rotatable bonds is 4. The summed E-state index contributed by atoms with van der Waals surface area (Å²) in [6, 6.07) is 0.724. The first-order chi connectivity index (χ1) is 8.33. The van der Waals surface area contributed by atoms with Crippen LogP contribution in [0.2, 0.25) is 0 Å². The average Bonchev–Trinajstić information content (AvgIpc) is 2.90. The van der Waals surface area contributed by atoms with Crippen molar-refractivity contribution in [3.05, 3.63) is 12.2 Å². The molecular weight excluding hydrogens is 214 g/mol. The molecule has 3 rings (SSSR count). The van der Waals surface area contributed by atoms with E-state index in [1.54, 1.807) is 6.33 Å². The zero-order valence-electron chi connectivity index (χ0n) is 10.5. The highest BCUT2D eigenvalue weighted by Gasteiger charge is 2.33. The van der Waals surface area contributed by atoms with Gasteiger partial charge in [0.2, 0.25) is 0 Å². The van der Waals surface area contributed by atoms with Gasteiger partial charge in [0.25, 0.3) is 0 Å². The Hall–Kier alpha value is -0.940. The van der Waals surface area contributed by atoms with E-state index in [4.69, 9.17) is 0 Å². The molecule has 2 aliphatic heterocycles. The largest absolute Gasteiger partial charge is 0.321 e. The van der Waals surface area contributed by atoms with Gasteiger partial charge in [-0.05, 0) is 31.8 Å².